The van der Waals surface area contributed by atoms with Gasteiger partial charge in [-0.3, -0.25) is 9.59 Å². The average Bonchev–Trinajstić information content (AvgIpc) is 3.01. The Morgan fingerprint density at radius 3 is 2.73 bits per heavy atom. The Hall–Kier alpha value is -2.28. The smallest absolute Gasteiger partial charge is 0.323 e. The van der Waals surface area contributed by atoms with Crippen molar-refractivity contribution in [3.63, 3.8) is 0 Å². The van der Waals surface area contributed by atoms with E-state index in [1.807, 2.05) is 0 Å². The summed E-state index contributed by atoms with van der Waals surface area (Å²) in [6.07, 6.45) is 1.26. The molecule has 2 heterocycles. The Morgan fingerprint density at radius 1 is 1.23 bits per heavy atom. The molecule has 1 aromatic carbocycles. The maximum atomic E-state index is 12.8. The number of ether oxygens (including phenoxy) is 3. The van der Waals surface area contributed by atoms with Crippen LogP contribution in [0.25, 0.3) is 0 Å². The monoisotopic (exact) mass is 307 g/mol. The van der Waals surface area contributed by atoms with Crippen molar-refractivity contribution in [3.8, 4) is 11.5 Å². The molecule has 0 saturated carbocycles. The third-order valence-electron chi connectivity index (χ3n) is 3.83. The largest absolute Gasteiger partial charge is 0.480 e. The Bertz CT molecular complexity index is 581. The minimum atomic E-state index is -1.04. The van der Waals surface area contributed by atoms with E-state index in [1.165, 1.54) is 4.90 Å². The highest BCUT2D eigenvalue weighted by molar-refractivity contribution is 5.99. The highest BCUT2D eigenvalue weighted by Gasteiger charge is 2.31. The van der Waals surface area contributed by atoms with Crippen molar-refractivity contribution in [1.82, 2.24) is 4.90 Å². The van der Waals surface area contributed by atoms with E-state index < -0.39 is 5.97 Å². The number of hydrogen-bond acceptors (Lipinski definition) is 5. The minimum Gasteiger partial charge on any atom is -0.480 e. The SMILES string of the molecule is O=C(O)CN(C(=O)c1cccc2c1OCO2)C1CCOCC1. The lowest BCUT2D eigenvalue weighted by Gasteiger charge is -2.33. The van der Waals surface area contributed by atoms with Gasteiger partial charge in [0.25, 0.3) is 5.91 Å². The van der Waals surface area contributed by atoms with Crippen LogP contribution in [0.3, 0.4) is 0 Å². The van der Waals surface area contributed by atoms with E-state index in [-0.39, 0.29) is 25.3 Å². The number of benzene rings is 1. The summed E-state index contributed by atoms with van der Waals surface area (Å²) in [7, 11) is 0. The zero-order valence-electron chi connectivity index (χ0n) is 12.0. The standard InChI is InChI=1S/C15H17NO6/c17-13(18)8-16(10-4-6-20-7-5-10)15(19)11-2-1-3-12-14(11)22-9-21-12/h1-3,10H,4-9H2,(H,17,18). The van der Waals surface area contributed by atoms with Crippen LogP contribution in [0.15, 0.2) is 18.2 Å². The Balaban J connectivity index is 1.88. The number of aliphatic carboxylic acids is 1. The highest BCUT2D eigenvalue weighted by atomic mass is 16.7. The summed E-state index contributed by atoms with van der Waals surface area (Å²) in [6.45, 7) is 0.783. The summed E-state index contributed by atoms with van der Waals surface area (Å²) >= 11 is 0. The van der Waals surface area contributed by atoms with Gasteiger partial charge in [0.1, 0.15) is 6.54 Å². The first-order valence-corrected chi connectivity index (χ1v) is 7.16. The van der Waals surface area contributed by atoms with E-state index in [1.54, 1.807) is 18.2 Å². The molecule has 1 N–H and O–H groups in total. The number of rotatable bonds is 4. The average molecular weight is 307 g/mol. The zero-order valence-corrected chi connectivity index (χ0v) is 12.0. The van der Waals surface area contributed by atoms with Gasteiger partial charge < -0.3 is 24.2 Å². The van der Waals surface area contributed by atoms with Gasteiger partial charge in [-0.15, -0.1) is 0 Å². The van der Waals surface area contributed by atoms with Gasteiger partial charge in [0.05, 0.1) is 5.56 Å². The topological polar surface area (TPSA) is 85.3 Å². The van der Waals surface area contributed by atoms with Crippen LogP contribution in [0, 0.1) is 0 Å². The van der Waals surface area contributed by atoms with Crippen molar-refractivity contribution < 1.29 is 28.9 Å². The van der Waals surface area contributed by atoms with Crippen molar-refractivity contribution in [2.24, 2.45) is 0 Å². The van der Waals surface area contributed by atoms with Crippen LogP contribution in [0.2, 0.25) is 0 Å². The lowest BCUT2D eigenvalue weighted by Crippen LogP contribution is -2.46. The molecular formula is C15H17NO6. The van der Waals surface area contributed by atoms with Gasteiger partial charge in [-0.05, 0) is 25.0 Å². The number of hydrogen-bond donors (Lipinski definition) is 1. The predicted molar refractivity (Wildman–Crippen MR) is 75.1 cm³/mol. The number of fused-ring (bicyclic) bond motifs is 1. The maximum Gasteiger partial charge on any atom is 0.323 e. The van der Waals surface area contributed by atoms with Gasteiger partial charge in [0.15, 0.2) is 11.5 Å². The van der Waals surface area contributed by atoms with Crippen LogP contribution in [-0.2, 0) is 9.53 Å². The number of carboxylic acid groups (broad SMARTS) is 1. The number of carbonyl (C=O) groups is 2. The quantitative estimate of drug-likeness (QED) is 0.897. The fourth-order valence-electron chi connectivity index (χ4n) is 2.76. The first-order valence-electron chi connectivity index (χ1n) is 7.16. The maximum absolute atomic E-state index is 12.8. The van der Waals surface area contributed by atoms with Gasteiger partial charge in [-0.1, -0.05) is 6.07 Å². The molecule has 2 aliphatic rings. The molecule has 118 valence electrons. The number of nitrogens with zero attached hydrogens (tertiary/aromatic N) is 1. The van der Waals surface area contributed by atoms with Crippen molar-refractivity contribution in [1.29, 1.82) is 0 Å². The second-order valence-electron chi connectivity index (χ2n) is 5.21. The molecule has 0 spiro atoms. The number of carboxylic acids is 1. The van der Waals surface area contributed by atoms with Crippen LogP contribution in [0.1, 0.15) is 23.2 Å². The fraction of sp³-hybridized carbons (Fsp3) is 0.467. The molecule has 0 aliphatic carbocycles. The second kappa shape index (κ2) is 6.23. The summed E-state index contributed by atoms with van der Waals surface area (Å²) in [5.74, 6) is -0.496. The van der Waals surface area contributed by atoms with Gasteiger partial charge in [-0.25, -0.2) is 0 Å². The summed E-state index contributed by atoms with van der Waals surface area (Å²) in [5, 5.41) is 9.12. The summed E-state index contributed by atoms with van der Waals surface area (Å²) in [6, 6.07) is 4.90. The molecule has 1 saturated heterocycles. The highest BCUT2D eigenvalue weighted by Crippen LogP contribution is 2.36. The van der Waals surface area contributed by atoms with E-state index in [0.29, 0.717) is 43.1 Å². The number of para-hydroxylation sites is 1. The molecule has 1 fully saturated rings. The van der Waals surface area contributed by atoms with Crippen molar-refractivity contribution in [2.45, 2.75) is 18.9 Å². The zero-order chi connectivity index (χ0) is 15.5. The van der Waals surface area contributed by atoms with Crippen molar-refractivity contribution >= 4 is 11.9 Å². The molecule has 0 aromatic heterocycles. The minimum absolute atomic E-state index is 0.0653. The molecule has 7 heteroatoms. The van der Waals surface area contributed by atoms with Gasteiger partial charge in [-0.2, -0.15) is 0 Å². The Kier molecular flexibility index (Phi) is 4.15. The van der Waals surface area contributed by atoms with Gasteiger partial charge in [0, 0.05) is 19.3 Å². The van der Waals surface area contributed by atoms with Crippen LogP contribution in [0.4, 0.5) is 0 Å². The van der Waals surface area contributed by atoms with Crippen LogP contribution >= 0.6 is 0 Å². The molecule has 3 rings (SSSR count). The lowest BCUT2D eigenvalue weighted by molar-refractivity contribution is -0.138. The van der Waals surface area contributed by atoms with E-state index in [2.05, 4.69) is 0 Å². The molecule has 1 aromatic rings. The van der Waals surface area contributed by atoms with Gasteiger partial charge >= 0.3 is 5.97 Å². The molecule has 0 unspecified atom stereocenters. The molecule has 7 nitrogen and oxygen atoms in total. The molecule has 0 atom stereocenters. The first-order chi connectivity index (χ1) is 10.7. The third kappa shape index (κ3) is 2.85. The Labute approximate surface area is 127 Å². The van der Waals surface area contributed by atoms with E-state index >= 15 is 0 Å². The normalized spacial score (nSPS) is 17.3. The fourth-order valence-corrected chi connectivity index (χ4v) is 2.76. The molecule has 0 radical (unpaired) electrons. The molecule has 2 aliphatic heterocycles. The number of carbonyl (C=O) groups excluding carboxylic acids is 1. The van der Waals surface area contributed by atoms with Crippen LogP contribution in [-0.4, -0.2) is 54.5 Å². The molecule has 1 amide bonds. The van der Waals surface area contributed by atoms with Gasteiger partial charge in [0.2, 0.25) is 6.79 Å². The van der Waals surface area contributed by atoms with Crippen molar-refractivity contribution in [2.75, 3.05) is 26.6 Å². The lowest BCUT2D eigenvalue weighted by atomic mass is 10.0. The molecular weight excluding hydrogens is 290 g/mol. The third-order valence-corrected chi connectivity index (χ3v) is 3.83. The van der Waals surface area contributed by atoms with Crippen LogP contribution in [0.5, 0.6) is 11.5 Å². The summed E-state index contributed by atoms with van der Waals surface area (Å²) in [5.41, 5.74) is 0.336. The van der Waals surface area contributed by atoms with Crippen LogP contribution < -0.4 is 9.47 Å². The summed E-state index contributed by atoms with van der Waals surface area (Å²) in [4.78, 5) is 25.4. The predicted octanol–water partition coefficient (Wildman–Crippen LogP) is 1.12. The number of amides is 1. The Morgan fingerprint density at radius 2 is 2.00 bits per heavy atom. The van der Waals surface area contributed by atoms with E-state index in [4.69, 9.17) is 19.3 Å². The first kappa shape index (κ1) is 14.6. The summed E-state index contributed by atoms with van der Waals surface area (Å²) < 4.78 is 15.9. The second-order valence-corrected chi connectivity index (χ2v) is 5.21. The molecule has 0 bridgehead atoms. The molecule has 22 heavy (non-hydrogen) atoms. The van der Waals surface area contributed by atoms with E-state index in [0.717, 1.165) is 0 Å². The van der Waals surface area contributed by atoms with E-state index in [9.17, 15) is 9.59 Å². The van der Waals surface area contributed by atoms with Crippen molar-refractivity contribution in [3.05, 3.63) is 23.8 Å².